The Morgan fingerprint density at radius 1 is 0.750 bits per heavy atom. The molecule has 0 N–H and O–H groups in total. The number of unbranched alkanes of at least 4 members (excludes halogenated alkanes) is 2. The van der Waals surface area contributed by atoms with Gasteiger partial charge in [-0.05, 0) is 40.5 Å². The van der Waals surface area contributed by atoms with Crippen molar-refractivity contribution in [2.45, 2.75) is 79.4 Å². The van der Waals surface area contributed by atoms with Crippen LogP contribution in [-0.4, -0.2) is 31.8 Å². The number of hydrogen-bond acceptors (Lipinski definition) is 7. The maximum Gasteiger partial charge on any atom is 0.475 e. The van der Waals surface area contributed by atoms with E-state index in [2.05, 4.69) is 0 Å². The Bertz CT molecular complexity index is 385. The Morgan fingerprint density at radius 2 is 1.17 bits per heavy atom. The van der Waals surface area contributed by atoms with Gasteiger partial charge in [0.15, 0.2) is 6.35 Å². The van der Waals surface area contributed by atoms with Crippen LogP contribution in [0.25, 0.3) is 0 Å². The largest absolute Gasteiger partial charge is 0.475 e. The van der Waals surface area contributed by atoms with Gasteiger partial charge in [0, 0.05) is 0 Å². The van der Waals surface area contributed by atoms with Crippen molar-refractivity contribution in [1.29, 1.82) is 0 Å². The lowest BCUT2D eigenvalue weighted by atomic mass is 10.4. The molecule has 24 heavy (non-hydrogen) atoms. The molecule has 0 aliphatic carbocycles. The van der Waals surface area contributed by atoms with Gasteiger partial charge in [0.05, 0.1) is 25.4 Å². The molecule has 0 aromatic heterocycles. The van der Waals surface area contributed by atoms with Crippen LogP contribution in [0.5, 0.6) is 0 Å². The normalized spacial score (nSPS) is 13.2. The summed E-state index contributed by atoms with van der Waals surface area (Å²) in [5.41, 5.74) is 0. The van der Waals surface area contributed by atoms with Gasteiger partial charge < -0.3 is 9.05 Å². The van der Waals surface area contributed by atoms with Gasteiger partial charge in [0.2, 0.25) is 0 Å². The first-order valence-corrected chi connectivity index (χ1v) is 11.8. The van der Waals surface area contributed by atoms with E-state index in [1.54, 1.807) is 27.7 Å². The lowest BCUT2D eigenvalue weighted by Crippen LogP contribution is -2.12. The molecule has 0 heterocycles. The van der Waals surface area contributed by atoms with Crippen molar-refractivity contribution in [3.63, 3.8) is 0 Å². The van der Waals surface area contributed by atoms with Crippen molar-refractivity contribution in [3.8, 4) is 0 Å². The molecule has 0 radical (unpaired) electrons. The second-order valence-corrected chi connectivity index (χ2v) is 9.57. The fourth-order valence-corrected chi connectivity index (χ4v) is 4.92. The van der Waals surface area contributed by atoms with Crippen molar-refractivity contribution >= 4 is 15.4 Å². The molecule has 0 saturated heterocycles. The average molecular weight is 388 g/mol. The van der Waals surface area contributed by atoms with Gasteiger partial charge in [0.1, 0.15) is 0 Å². The first-order chi connectivity index (χ1) is 11.2. The summed E-state index contributed by atoms with van der Waals surface area (Å²) in [5.74, 6) is 0. The Kier molecular flexibility index (Phi) is 12.7. The summed E-state index contributed by atoms with van der Waals surface area (Å²) in [6.07, 6.45) is 2.12. The number of phosphoric ester groups is 1. The van der Waals surface area contributed by atoms with E-state index in [-0.39, 0.29) is 12.2 Å². The molecular formula is C15H34O7P2. The Morgan fingerprint density at radius 3 is 1.50 bits per heavy atom. The Balaban J connectivity index is 4.88. The van der Waals surface area contributed by atoms with E-state index >= 15 is 0 Å². The molecule has 0 unspecified atom stereocenters. The summed E-state index contributed by atoms with van der Waals surface area (Å²) < 4.78 is 52.0. The highest BCUT2D eigenvalue weighted by Gasteiger charge is 2.35. The van der Waals surface area contributed by atoms with E-state index in [0.717, 1.165) is 25.7 Å². The lowest BCUT2D eigenvalue weighted by molar-refractivity contribution is 0.0743. The van der Waals surface area contributed by atoms with Crippen LogP contribution in [0, 0.1) is 0 Å². The van der Waals surface area contributed by atoms with Crippen LogP contribution in [0.1, 0.15) is 67.2 Å². The topological polar surface area (TPSA) is 80.3 Å². The first-order valence-electron chi connectivity index (χ1n) is 8.66. The molecule has 0 atom stereocenters. The van der Waals surface area contributed by atoms with Gasteiger partial charge in [-0.2, -0.15) is 0 Å². The fraction of sp³-hybridized carbons (Fsp3) is 1.00. The molecule has 0 fully saturated rings. The molecule has 0 amide bonds. The van der Waals surface area contributed by atoms with Gasteiger partial charge in [-0.1, -0.05) is 26.7 Å². The minimum absolute atomic E-state index is 0.295. The van der Waals surface area contributed by atoms with Crippen LogP contribution in [0.3, 0.4) is 0 Å². The number of phosphoric acid groups is 1. The molecule has 0 saturated carbocycles. The van der Waals surface area contributed by atoms with E-state index in [0.29, 0.717) is 13.2 Å². The summed E-state index contributed by atoms with van der Waals surface area (Å²) in [6.45, 7) is 11.5. The van der Waals surface area contributed by atoms with Crippen LogP contribution in [-0.2, 0) is 31.7 Å². The summed E-state index contributed by atoms with van der Waals surface area (Å²) in [7, 11) is -7.35. The van der Waals surface area contributed by atoms with E-state index in [4.69, 9.17) is 22.6 Å². The van der Waals surface area contributed by atoms with Gasteiger partial charge in [-0.25, -0.2) is 4.57 Å². The molecule has 146 valence electrons. The monoisotopic (exact) mass is 388 g/mol. The fourth-order valence-electron chi connectivity index (χ4n) is 1.55. The Labute approximate surface area is 146 Å². The van der Waals surface area contributed by atoms with Gasteiger partial charge in [-0.3, -0.25) is 18.1 Å². The molecule has 0 rings (SSSR count). The van der Waals surface area contributed by atoms with E-state index in [9.17, 15) is 9.13 Å². The van der Waals surface area contributed by atoms with Crippen molar-refractivity contribution in [2.75, 3.05) is 19.6 Å². The van der Waals surface area contributed by atoms with Crippen molar-refractivity contribution in [1.82, 2.24) is 0 Å². The maximum atomic E-state index is 12.8. The predicted molar refractivity (Wildman–Crippen MR) is 95.3 cm³/mol. The average Bonchev–Trinajstić information content (AvgIpc) is 2.44. The van der Waals surface area contributed by atoms with E-state index in [1.807, 2.05) is 13.8 Å². The van der Waals surface area contributed by atoms with E-state index < -0.39 is 21.8 Å². The molecule has 0 aliphatic rings. The Hall–Kier alpha value is 0.260. The third-order valence-electron chi connectivity index (χ3n) is 2.63. The molecule has 9 heteroatoms. The molecule has 0 spiro atoms. The predicted octanol–water partition coefficient (Wildman–Crippen LogP) is 5.75. The third-order valence-corrected chi connectivity index (χ3v) is 6.23. The zero-order valence-corrected chi connectivity index (χ0v) is 17.6. The minimum Gasteiger partial charge on any atom is -0.307 e. The summed E-state index contributed by atoms with van der Waals surface area (Å²) in [5, 5.41) is 0. The van der Waals surface area contributed by atoms with Crippen molar-refractivity contribution in [3.05, 3.63) is 0 Å². The molecular weight excluding hydrogens is 354 g/mol. The highest BCUT2D eigenvalue weighted by Crippen LogP contribution is 2.58. The van der Waals surface area contributed by atoms with Gasteiger partial charge in [0.25, 0.3) is 0 Å². The lowest BCUT2D eigenvalue weighted by Gasteiger charge is -2.24. The van der Waals surface area contributed by atoms with E-state index in [1.165, 1.54) is 0 Å². The van der Waals surface area contributed by atoms with Crippen LogP contribution in [0.15, 0.2) is 0 Å². The molecule has 0 aromatic rings. The summed E-state index contributed by atoms with van der Waals surface area (Å²) in [4.78, 5) is 0. The van der Waals surface area contributed by atoms with Crippen molar-refractivity contribution in [2.24, 2.45) is 0 Å². The smallest absolute Gasteiger partial charge is 0.307 e. The molecule has 0 aromatic carbocycles. The van der Waals surface area contributed by atoms with Crippen LogP contribution >= 0.6 is 15.4 Å². The number of hydrogen-bond donors (Lipinski definition) is 0. The maximum absolute atomic E-state index is 12.8. The van der Waals surface area contributed by atoms with Crippen LogP contribution in [0.4, 0.5) is 0 Å². The quantitative estimate of drug-likeness (QED) is 0.261. The first kappa shape index (κ1) is 24.3. The van der Waals surface area contributed by atoms with Crippen molar-refractivity contribution < 1.29 is 31.7 Å². The highest BCUT2D eigenvalue weighted by atomic mass is 31.2. The summed E-state index contributed by atoms with van der Waals surface area (Å²) in [6, 6.07) is 0. The highest BCUT2D eigenvalue weighted by molar-refractivity contribution is 7.55. The minimum atomic E-state index is -3.84. The summed E-state index contributed by atoms with van der Waals surface area (Å²) >= 11 is 0. The number of rotatable bonds is 15. The molecule has 7 nitrogen and oxygen atoms in total. The van der Waals surface area contributed by atoms with Crippen LogP contribution in [0.2, 0.25) is 0 Å². The SMILES string of the molecule is CCCCOP(=O)(COP(=O)(OC(C)C)OC(C)C)OCCCC. The third kappa shape index (κ3) is 11.8. The molecule has 0 bridgehead atoms. The van der Waals surface area contributed by atoms with Gasteiger partial charge in [-0.15, -0.1) is 0 Å². The zero-order valence-electron chi connectivity index (χ0n) is 15.9. The van der Waals surface area contributed by atoms with Crippen LogP contribution < -0.4 is 0 Å². The second-order valence-electron chi connectivity index (χ2n) is 6.00. The van der Waals surface area contributed by atoms with Gasteiger partial charge >= 0.3 is 15.4 Å². The standard InChI is InChI=1S/C15H34O7P2/c1-7-9-11-18-23(16,19-12-10-8-2)13-20-24(17,21-14(3)4)22-15(5)6/h14-15H,7-13H2,1-6H3. The molecule has 0 aliphatic heterocycles. The zero-order chi connectivity index (χ0) is 18.6. The second kappa shape index (κ2) is 12.6.